The monoisotopic (exact) mass is 433 g/mol. The number of amides is 2. The van der Waals surface area contributed by atoms with Crippen molar-refractivity contribution < 1.29 is 14.0 Å². The van der Waals surface area contributed by atoms with Crippen LogP contribution in [0.3, 0.4) is 0 Å². The van der Waals surface area contributed by atoms with E-state index in [4.69, 9.17) is 16.0 Å². The number of benzene rings is 1. The molecule has 0 aliphatic carbocycles. The fraction of sp³-hybridized carbons (Fsp3) is 0.263. The summed E-state index contributed by atoms with van der Waals surface area (Å²) in [5.41, 5.74) is 1.77. The molecule has 1 aromatic carbocycles. The van der Waals surface area contributed by atoms with Gasteiger partial charge in [0.05, 0.1) is 24.2 Å². The summed E-state index contributed by atoms with van der Waals surface area (Å²) < 4.78 is 6.91. The van der Waals surface area contributed by atoms with Gasteiger partial charge in [-0.15, -0.1) is 10.2 Å². The van der Waals surface area contributed by atoms with Crippen LogP contribution >= 0.6 is 23.4 Å². The van der Waals surface area contributed by atoms with Crippen LogP contribution < -0.4 is 10.6 Å². The molecule has 8 nitrogen and oxygen atoms in total. The summed E-state index contributed by atoms with van der Waals surface area (Å²) in [6.07, 6.45) is 3.10. The first-order chi connectivity index (χ1) is 13.9. The van der Waals surface area contributed by atoms with E-state index in [9.17, 15) is 9.59 Å². The first-order valence-electron chi connectivity index (χ1n) is 8.83. The number of carbonyl (C=O) groups excluding carboxylic acids is 2. The number of halogens is 1. The van der Waals surface area contributed by atoms with E-state index in [0.717, 1.165) is 11.3 Å². The molecule has 152 valence electrons. The van der Waals surface area contributed by atoms with Crippen molar-refractivity contribution in [2.24, 2.45) is 0 Å². The van der Waals surface area contributed by atoms with Crippen LogP contribution in [0.15, 0.2) is 52.5 Å². The summed E-state index contributed by atoms with van der Waals surface area (Å²) in [5, 5.41) is 14.5. The van der Waals surface area contributed by atoms with Crippen LogP contribution in [0.4, 0.5) is 0 Å². The molecule has 0 aliphatic rings. The van der Waals surface area contributed by atoms with Gasteiger partial charge in [-0.1, -0.05) is 29.4 Å². The number of nitrogens with zero attached hydrogens (tertiary/aromatic N) is 3. The number of hydrogen-bond acceptors (Lipinski definition) is 6. The molecular formula is C19H20ClN5O3S. The molecule has 3 aromatic rings. The summed E-state index contributed by atoms with van der Waals surface area (Å²) >= 11 is 7.41. The predicted molar refractivity (Wildman–Crippen MR) is 110 cm³/mol. The lowest BCUT2D eigenvalue weighted by molar-refractivity contribution is -0.127. The molecule has 10 heteroatoms. The van der Waals surface area contributed by atoms with Crippen LogP contribution in [0, 0.1) is 6.92 Å². The van der Waals surface area contributed by atoms with Crippen molar-refractivity contribution in [3.05, 3.63) is 59.3 Å². The van der Waals surface area contributed by atoms with E-state index in [-0.39, 0.29) is 24.1 Å². The third-order valence-electron chi connectivity index (χ3n) is 4.07. The highest BCUT2D eigenvalue weighted by atomic mass is 35.5. The molecule has 1 unspecified atom stereocenters. The van der Waals surface area contributed by atoms with Crippen molar-refractivity contribution in [3.63, 3.8) is 0 Å². The highest BCUT2D eigenvalue weighted by molar-refractivity contribution is 7.99. The second-order valence-corrected chi connectivity index (χ2v) is 7.64. The van der Waals surface area contributed by atoms with Crippen LogP contribution in [-0.2, 0) is 16.1 Å². The molecule has 0 fully saturated rings. The molecule has 0 aliphatic heterocycles. The van der Waals surface area contributed by atoms with Gasteiger partial charge in [-0.25, -0.2) is 0 Å². The Bertz CT molecular complexity index is 990. The van der Waals surface area contributed by atoms with Crippen molar-refractivity contribution in [2.75, 3.05) is 5.75 Å². The lowest BCUT2D eigenvalue weighted by Gasteiger charge is -2.13. The van der Waals surface area contributed by atoms with Crippen molar-refractivity contribution in [2.45, 2.75) is 31.6 Å². The van der Waals surface area contributed by atoms with Crippen molar-refractivity contribution >= 4 is 35.2 Å². The molecule has 0 saturated carbocycles. The van der Waals surface area contributed by atoms with E-state index in [1.807, 2.05) is 25.1 Å². The van der Waals surface area contributed by atoms with Crippen LogP contribution in [0.2, 0.25) is 5.02 Å². The summed E-state index contributed by atoms with van der Waals surface area (Å²) in [4.78, 5) is 24.3. The van der Waals surface area contributed by atoms with E-state index < -0.39 is 6.04 Å². The highest BCUT2D eigenvalue weighted by Gasteiger charge is 2.17. The van der Waals surface area contributed by atoms with Crippen LogP contribution in [0.25, 0.3) is 5.69 Å². The zero-order valence-electron chi connectivity index (χ0n) is 15.9. The van der Waals surface area contributed by atoms with Crippen LogP contribution in [0.5, 0.6) is 0 Å². The minimum Gasteiger partial charge on any atom is -0.467 e. The molecule has 1 atom stereocenters. The number of nitrogens with one attached hydrogen (secondary N) is 2. The summed E-state index contributed by atoms with van der Waals surface area (Å²) in [7, 11) is 0. The Kier molecular flexibility index (Phi) is 6.95. The van der Waals surface area contributed by atoms with Gasteiger partial charge in [0.2, 0.25) is 11.8 Å². The predicted octanol–water partition coefficient (Wildman–Crippen LogP) is 2.74. The average molecular weight is 434 g/mol. The first-order valence-corrected chi connectivity index (χ1v) is 10.2. The smallest absolute Gasteiger partial charge is 0.242 e. The Morgan fingerprint density at radius 1 is 1.34 bits per heavy atom. The topological polar surface area (TPSA) is 102 Å². The average Bonchev–Trinajstić information content (AvgIpc) is 3.38. The molecule has 2 heterocycles. The number of rotatable bonds is 8. The third kappa shape index (κ3) is 5.61. The van der Waals surface area contributed by atoms with Crippen LogP contribution in [0.1, 0.15) is 18.2 Å². The van der Waals surface area contributed by atoms with Gasteiger partial charge in [-0.05, 0) is 43.7 Å². The number of carbonyl (C=O) groups is 2. The van der Waals surface area contributed by atoms with Crippen molar-refractivity contribution in [1.29, 1.82) is 0 Å². The van der Waals surface area contributed by atoms with Crippen LogP contribution in [-0.4, -0.2) is 38.4 Å². The van der Waals surface area contributed by atoms with E-state index in [1.165, 1.54) is 18.0 Å². The Hall–Kier alpha value is -2.78. The fourth-order valence-electron chi connectivity index (χ4n) is 2.45. The Morgan fingerprint density at radius 2 is 2.17 bits per heavy atom. The molecule has 2 N–H and O–H groups in total. The molecular weight excluding hydrogens is 414 g/mol. The zero-order valence-corrected chi connectivity index (χ0v) is 17.5. The zero-order chi connectivity index (χ0) is 20.8. The Morgan fingerprint density at radius 3 is 2.90 bits per heavy atom. The number of aromatic nitrogens is 3. The number of aryl methyl sites for hydroxylation is 1. The minimum atomic E-state index is -0.674. The summed E-state index contributed by atoms with van der Waals surface area (Å²) in [6.45, 7) is 3.81. The highest BCUT2D eigenvalue weighted by Crippen LogP contribution is 2.23. The molecule has 0 spiro atoms. The maximum atomic E-state index is 12.2. The number of thioether (sulfide) groups is 1. The van der Waals surface area contributed by atoms with E-state index in [0.29, 0.717) is 15.9 Å². The van der Waals surface area contributed by atoms with Gasteiger partial charge in [0, 0.05) is 5.02 Å². The van der Waals surface area contributed by atoms with E-state index >= 15 is 0 Å². The Labute approximate surface area is 177 Å². The van der Waals surface area contributed by atoms with Gasteiger partial charge in [0.25, 0.3) is 0 Å². The van der Waals surface area contributed by atoms with Gasteiger partial charge in [-0.2, -0.15) is 0 Å². The SMILES string of the molecule is Cc1ccc(-n2cnnc2SCC(=O)NC(C)C(=O)NCc2ccco2)cc1Cl. The second-order valence-electron chi connectivity index (χ2n) is 6.29. The normalized spacial score (nSPS) is 11.8. The number of furan rings is 1. The van der Waals surface area contributed by atoms with Gasteiger partial charge in [-0.3, -0.25) is 14.2 Å². The van der Waals surface area contributed by atoms with Crippen molar-refractivity contribution in [1.82, 2.24) is 25.4 Å². The standard InChI is InChI=1S/C19H20ClN5O3S/c1-12-5-6-14(8-16(12)20)25-11-22-24-19(25)29-10-17(26)23-13(2)18(27)21-9-15-4-3-7-28-15/h3-8,11,13H,9-10H2,1-2H3,(H,21,27)(H,23,26). The van der Waals surface area contributed by atoms with Gasteiger partial charge in [0.1, 0.15) is 18.1 Å². The minimum absolute atomic E-state index is 0.0914. The lowest BCUT2D eigenvalue weighted by Crippen LogP contribution is -2.45. The van der Waals surface area contributed by atoms with E-state index in [2.05, 4.69) is 20.8 Å². The maximum Gasteiger partial charge on any atom is 0.242 e. The summed E-state index contributed by atoms with van der Waals surface area (Å²) in [5.74, 6) is 0.154. The van der Waals surface area contributed by atoms with Gasteiger partial charge < -0.3 is 15.1 Å². The fourth-order valence-corrected chi connectivity index (χ4v) is 3.37. The van der Waals surface area contributed by atoms with Gasteiger partial charge >= 0.3 is 0 Å². The Balaban J connectivity index is 1.51. The molecule has 0 bridgehead atoms. The lowest BCUT2D eigenvalue weighted by atomic mass is 10.2. The largest absolute Gasteiger partial charge is 0.467 e. The molecule has 29 heavy (non-hydrogen) atoms. The van der Waals surface area contributed by atoms with Gasteiger partial charge in [0.15, 0.2) is 5.16 Å². The van der Waals surface area contributed by atoms with E-state index in [1.54, 1.807) is 30.0 Å². The molecule has 3 rings (SSSR count). The van der Waals surface area contributed by atoms with Crippen molar-refractivity contribution in [3.8, 4) is 5.69 Å². The number of hydrogen-bond donors (Lipinski definition) is 2. The molecule has 2 amide bonds. The molecule has 0 radical (unpaired) electrons. The quantitative estimate of drug-likeness (QED) is 0.529. The third-order valence-corrected chi connectivity index (χ3v) is 5.42. The molecule has 0 saturated heterocycles. The summed E-state index contributed by atoms with van der Waals surface area (Å²) in [6, 6.07) is 8.45. The second kappa shape index (κ2) is 9.62. The maximum absolute atomic E-state index is 12.2. The molecule has 2 aromatic heterocycles. The first kappa shape index (κ1) is 20.9.